The molecule has 0 aliphatic carbocycles. The molecule has 0 aromatic carbocycles. The fourth-order valence-electron chi connectivity index (χ4n) is 2.79. The standard InChI is InChI=1S/C14H25BrN4O/c1-5-19-6-7-20-13(9-19)11(16-3)8-12-14(15)10(2)17-18(12)4/h11,13,16H,5-9H2,1-4H3. The van der Waals surface area contributed by atoms with Crippen molar-refractivity contribution < 1.29 is 4.74 Å². The summed E-state index contributed by atoms with van der Waals surface area (Å²) in [6.45, 7) is 8.18. The maximum atomic E-state index is 5.97. The summed E-state index contributed by atoms with van der Waals surface area (Å²) in [5.74, 6) is 0. The molecule has 0 bridgehead atoms. The number of morpholine rings is 1. The van der Waals surface area contributed by atoms with Crippen LogP contribution in [0.5, 0.6) is 0 Å². The Balaban J connectivity index is 2.08. The van der Waals surface area contributed by atoms with Gasteiger partial charge in [-0.15, -0.1) is 0 Å². The zero-order valence-corrected chi connectivity index (χ0v) is 14.4. The Morgan fingerprint density at radius 3 is 2.85 bits per heavy atom. The van der Waals surface area contributed by atoms with Gasteiger partial charge in [0.25, 0.3) is 0 Å². The largest absolute Gasteiger partial charge is 0.374 e. The minimum Gasteiger partial charge on any atom is -0.374 e. The number of aryl methyl sites for hydroxylation is 2. The van der Waals surface area contributed by atoms with Gasteiger partial charge < -0.3 is 10.1 Å². The van der Waals surface area contributed by atoms with Crippen molar-refractivity contribution in [3.05, 3.63) is 15.9 Å². The zero-order valence-electron chi connectivity index (χ0n) is 12.8. The molecule has 6 heteroatoms. The average Bonchev–Trinajstić information content (AvgIpc) is 2.70. The van der Waals surface area contributed by atoms with Crippen molar-refractivity contribution in [3.8, 4) is 0 Å². The Labute approximate surface area is 129 Å². The molecule has 1 fully saturated rings. The highest BCUT2D eigenvalue weighted by Crippen LogP contribution is 2.23. The molecule has 1 aliphatic rings. The molecule has 20 heavy (non-hydrogen) atoms. The van der Waals surface area contributed by atoms with E-state index in [1.807, 2.05) is 25.7 Å². The van der Waals surface area contributed by atoms with Crippen molar-refractivity contribution in [1.82, 2.24) is 20.0 Å². The number of halogens is 1. The van der Waals surface area contributed by atoms with Gasteiger partial charge in [0.1, 0.15) is 0 Å². The third kappa shape index (κ3) is 3.42. The smallest absolute Gasteiger partial charge is 0.0858 e. The van der Waals surface area contributed by atoms with Crippen LogP contribution in [0.4, 0.5) is 0 Å². The van der Waals surface area contributed by atoms with Crippen molar-refractivity contribution in [1.29, 1.82) is 0 Å². The summed E-state index contributed by atoms with van der Waals surface area (Å²) in [6.07, 6.45) is 1.15. The molecule has 1 aliphatic heterocycles. The lowest BCUT2D eigenvalue weighted by atomic mass is 10.0. The number of likely N-dealkylation sites (N-methyl/N-ethyl adjacent to an activating group) is 2. The Bertz CT molecular complexity index is 449. The first-order valence-electron chi connectivity index (χ1n) is 7.26. The molecular weight excluding hydrogens is 320 g/mol. The minimum absolute atomic E-state index is 0.232. The first kappa shape index (κ1) is 15.9. The monoisotopic (exact) mass is 344 g/mol. The first-order chi connectivity index (χ1) is 9.56. The Morgan fingerprint density at radius 1 is 1.55 bits per heavy atom. The van der Waals surface area contributed by atoms with E-state index < -0.39 is 0 Å². The van der Waals surface area contributed by atoms with E-state index in [-0.39, 0.29) is 6.10 Å². The fraction of sp³-hybridized carbons (Fsp3) is 0.786. The van der Waals surface area contributed by atoms with Gasteiger partial charge in [0.05, 0.1) is 28.6 Å². The Kier molecular flexibility index (Phi) is 5.60. The molecule has 0 amide bonds. The lowest BCUT2D eigenvalue weighted by Gasteiger charge is -2.36. The summed E-state index contributed by atoms with van der Waals surface area (Å²) >= 11 is 3.65. The van der Waals surface area contributed by atoms with Crippen LogP contribution in [0.3, 0.4) is 0 Å². The van der Waals surface area contributed by atoms with Crippen molar-refractivity contribution >= 4 is 15.9 Å². The van der Waals surface area contributed by atoms with Crippen molar-refractivity contribution in [2.75, 3.05) is 33.3 Å². The molecular formula is C14H25BrN4O. The van der Waals surface area contributed by atoms with E-state index in [4.69, 9.17) is 4.74 Å². The van der Waals surface area contributed by atoms with Gasteiger partial charge in [0.15, 0.2) is 0 Å². The molecule has 0 saturated carbocycles. The highest BCUT2D eigenvalue weighted by atomic mass is 79.9. The van der Waals surface area contributed by atoms with Gasteiger partial charge in [-0.05, 0) is 36.4 Å². The van der Waals surface area contributed by atoms with Gasteiger partial charge in [0, 0.05) is 32.6 Å². The maximum absolute atomic E-state index is 5.97. The second kappa shape index (κ2) is 7.02. The Morgan fingerprint density at radius 2 is 2.30 bits per heavy atom. The molecule has 1 aromatic rings. The molecule has 0 spiro atoms. The number of rotatable bonds is 5. The molecule has 1 N–H and O–H groups in total. The van der Waals surface area contributed by atoms with Crippen LogP contribution in [0.1, 0.15) is 18.3 Å². The lowest BCUT2D eigenvalue weighted by molar-refractivity contribution is -0.0438. The van der Waals surface area contributed by atoms with E-state index >= 15 is 0 Å². The molecule has 1 saturated heterocycles. The number of hydrogen-bond acceptors (Lipinski definition) is 4. The number of nitrogens with zero attached hydrogens (tertiary/aromatic N) is 3. The van der Waals surface area contributed by atoms with Crippen LogP contribution in [0, 0.1) is 6.92 Å². The summed E-state index contributed by atoms with van der Waals surface area (Å²) in [4.78, 5) is 2.45. The quantitative estimate of drug-likeness (QED) is 0.875. The van der Waals surface area contributed by atoms with Gasteiger partial charge in [-0.3, -0.25) is 9.58 Å². The molecule has 114 valence electrons. The predicted molar refractivity (Wildman–Crippen MR) is 84.1 cm³/mol. The summed E-state index contributed by atoms with van der Waals surface area (Å²) in [6, 6.07) is 0.301. The first-order valence-corrected chi connectivity index (χ1v) is 8.05. The molecule has 1 aromatic heterocycles. The normalized spacial score (nSPS) is 22.1. The van der Waals surface area contributed by atoms with Gasteiger partial charge in [-0.1, -0.05) is 6.92 Å². The van der Waals surface area contributed by atoms with E-state index in [2.05, 4.69) is 38.2 Å². The van der Waals surface area contributed by atoms with Crippen LogP contribution >= 0.6 is 15.9 Å². The van der Waals surface area contributed by atoms with Crippen molar-refractivity contribution in [2.24, 2.45) is 7.05 Å². The van der Waals surface area contributed by atoms with E-state index in [1.165, 1.54) is 5.69 Å². The highest BCUT2D eigenvalue weighted by Gasteiger charge is 2.28. The van der Waals surface area contributed by atoms with Gasteiger partial charge in [-0.25, -0.2) is 0 Å². The highest BCUT2D eigenvalue weighted by molar-refractivity contribution is 9.10. The fourth-order valence-corrected chi connectivity index (χ4v) is 3.29. The van der Waals surface area contributed by atoms with Crippen LogP contribution in [0.25, 0.3) is 0 Å². The lowest BCUT2D eigenvalue weighted by Crippen LogP contribution is -2.52. The Hall–Kier alpha value is -0.430. The number of ether oxygens (including phenoxy) is 1. The minimum atomic E-state index is 0.232. The van der Waals surface area contributed by atoms with Crippen molar-refractivity contribution in [2.45, 2.75) is 32.4 Å². The molecule has 2 rings (SSSR count). The topological polar surface area (TPSA) is 42.3 Å². The number of aromatic nitrogens is 2. The number of nitrogens with one attached hydrogen (secondary N) is 1. The van der Waals surface area contributed by atoms with Gasteiger partial charge in [0.2, 0.25) is 0 Å². The van der Waals surface area contributed by atoms with Gasteiger partial charge in [-0.2, -0.15) is 5.10 Å². The second-order valence-electron chi connectivity index (χ2n) is 5.37. The van der Waals surface area contributed by atoms with Crippen LogP contribution in [-0.4, -0.2) is 60.1 Å². The van der Waals surface area contributed by atoms with E-state index in [0.717, 1.165) is 42.8 Å². The SMILES string of the molecule is CCN1CCOC(C(Cc2c(Br)c(C)nn2C)NC)C1. The summed E-state index contributed by atoms with van der Waals surface area (Å²) < 4.78 is 9.05. The molecule has 2 atom stereocenters. The van der Waals surface area contributed by atoms with Crippen LogP contribution < -0.4 is 5.32 Å². The molecule has 2 heterocycles. The number of hydrogen-bond donors (Lipinski definition) is 1. The van der Waals surface area contributed by atoms with Crippen LogP contribution in [0.15, 0.2) is 4.47 Å². The van der Waals surface area contributed by atoms with Gasteiger partial charge >= 0.3 is 0 Å². The summed E-state index contributed by atoms with van der Waals surface area (Å²) in [5.41, 5.74) is 2.26. The van der Waals surface area contributed by atoms with E-state index in [1.54, 1.807) is 0 Å². The summed E-state index contributed by atoms with van der Waals surface area (Å²) in [7, 11) is 4.01. The molecule has 0 radical (unpaired) electrons. The third-order valence-corrected chi connectivity index (χ3v) is 5.15. The van der Waals surface area contributed by atoms with E-state index in [9.17, 15) is 0 Å². The second-order valence-corrected chi connectivity index (χ2v) is 6.16. The average molecular weight is 345 g/mol. The summed E-state index contributed by atoms with van der Waals surface area (Å²) in [5, 5.41) is 7.88. The molecule has 5 nitrogen and oxygen atoms in total. The van der Waals surface area contributed by atoms with E-state index in [0.29, 0.717) is 6.04 Å². The predicted octanol–water partition coefficient (Wildman–Crippen LogP) is 1.34. The third-order valence-electron chi connectivity index (χ3n) is 4.12. The molecule has 2 unspecified atom stereocenters. The van der Waals surface area contributed by atoms with Crippen molar-refractivity contribution in [3.63, 3.8) is 0 Å². The van der Waals surface area contributed by atoms with Crippen LogP contribution in [-0.2, 0) is 18.2 Å². The maximum Gasteiger partial charge on any atom is 0.0858 e. The zero-order chi connectivity index (χ0) is 14.7. The van der Waals surface area contributed by atoms with Crippen LogP contribution in [0.2, 0.25) is 0 Å².